The summed E-state index contributed by atoms with van der Waals surface area (Å²) in [7, 11) is 0. The number of hydrogen-bond donors (Lipinski definition) is 1. The SMILES string of the molecule is CC(C)n1ncnc1CC(=O)c1ccc2c(c1)CCCN2. The summed E-state index contributed by atoms with van der Waals surface area (Å²) in [6, 6.07) is 6.13. The summed E-state index contributed by atoms with van der Waals surface area (Å²) < 4.78 is 1.80. The molecular formula is C16H20N4O. The van der Waals surface area contributed by atoms with Crippen molar-refractivity contribution in [3.05, 3.63) is 41.5 Å². The molecule has 0 saturated carbocycles. The van der Waals surface area contributed by atoms with Gasteiger partial charge in [-0.2, -0.15) is 5.10 Å². The summed E-state index contributed by atoms with van der Waals surface area (Å²) >= 11 is 0. The molecule has 5 heteroatoms. The number of nitrogens with zero attached hydrogens (tertiary/aromatic N) is 3. The van der Waals surface area contributed by atoms with Crippen molar-refractivity contribution in [1.29, 1.82) is 0 Å². The van der Waals surface area contributed by atoms with E-state index in [1.165, 1.54) is 11.9 Å². The van der Waals surface area contributed by atoms with Crippen molar-refractivity contribution in [2.45, 2.75) is 39.2 Å². The molecule has 2 aromatic rings. The molecule has 1 aliphatic rings. The number of nitrogens with one attached hydrogen (secondary N) is 1. The molecule has 1 aromatic carbocycles. The first-order valence-electron chi connectivity index (χ1n) is 7.43. The normalized spacial score (nSPS) is 13.9. The first-order valence-corrected chi connectivity index (χ1v) is 7.43. The summed E-state index contributed by atoms with van der Waals surface area (Å²) in [5, 5.41) is 7.54. The molecule has 0 spiro atoms. The standard InChI is InChI=1S/C16H20N4O/c1-11(2)20-16(18-10-19-20)9-15(21)13-5-6-14-12(8-13)4-3-7-17-14/h5-6,8,10-11,17H,3-4,7,9H2,1-2H3. The van der Waals surface area contributed by atoms with Gasteiger partial charge in [-0.1, -0.05) is 0 Å². The lowest BCUT2D eigenvalue weighted by molar-refractivity contribution is 0.0989. The van der Waals surface area contributed by atoms with E-state index in [2.05, 4.69) is 15.4 Å². The minimum atomic E-state index is 0.0956. The molecule has 1 aromatic heterocycles. The molecule has 110 valence electrons. The van der Waals surface area contributed by atoms with Gasteiger partial charge in [0.1, 0.15) is 12.2 Å². The lowest BCUT2D eigenvalue weighted by Crippen LogP contribution is -2.15. The number of anilines is 1. The van der Waals surface area contributed by atoms with Gasteiger partial charge in [0.15, 0.2) is 5.78 Å². The molecule has 3 rings (SSSR count). The fraction of sp³-hybridized carbons (Fsp3) is 0.438. The van der Waals surface area contributed by atoms with Crippen molar-refractivity contribution in [1.82, 2.24) is 14.8 Å². The highest BCUT2D eigenvalue weighted by Gasteiger charge is 2.16. The van der Waals surface area contributed by atoms with E-state index in [0.717, 1.165) is 36.5 Å². The summed E-state index contributed by atoms with van der Waals surface area (Å²) in [4.78, 5) is 16.7. The molecule has 0 saturated heterocycles. The Morgan fingerprint density at radius 2 is 2.29 bits per heavy atom. The van der Waals surface area contributed by atoms with Crippen LogP contribution in [0.15, 0.2) is 24.5 Å². The van der Waals surface area contributed by atoms with Gasteiger partial charge in [-0.05, 0) is 50.5 Å². The van der Waals surface area contributed by atoms with E-state index in [0.29, 0.717) is 6.42 Å². The number of rotatable bonds is 4. The summed E-state index contributed by atoms with van der Waals surface area (Å²) in [6.45, 7) is 5.08. The summed E-state index contributed by atoms with van der Waals surface area (Å²) in [6.07, 6.45) is 3.96. The van der Waals surface area contributed by atoms with E-state index >= 15 is 0 Å². The van der Waals surface area contributed by atoms with Crippen LogP contribution in [-0.2, 0) is 12.8 Å². The molecular weight excluding hydrogens is 264 g/mol. The second-order valence-corrected chi connectivity index (χ2v) is 5.72. The maximum Gasteiger partial charge on any atom is 0.170 e. The average molecular weight is 284 g/mol. The van der Waals surface area contributed by atoms with E-state index in [9.17, 15) is 4.79 Å². The van der Waals surface area contributed by atoms with Crippen LogP contribution < -0.4 is 5.32 Å². The number of hydrogen-bond acceptors (Lipinski definition) is 4. The monoisotopic (exact) mass is 284 g/mol. The maximum absolute atomic E-state index is 12.5. The van der Waals surface area contributed by atoms with Gasteiger partial charge in [0.05, 0.1) is 6.42 Å². The molecule has 1 aliphatic heterocycles. The minimum absolute atomic E-state index is 0.0956. The number of carbonyl (C=O) groups is 1. The Kier molecular flexibility index (Phi) is 3.73. The first kappa shape index (κ1) is 13.8. The van der Waals surface area contributed by atoms with Crippen molar-refractivity contribution >= 4 is 11.5 Å². The predicted octanol–water partition coefficient (Wildman–Crippen LogP) is 2.64. The van der Waals surface area contributed by atoms with Crippen molar-refractivity contribution in [2.75, 3.05) is 11.9 Å². The van der Waals surface area contributed by atoms with Crippen LogP contribution in [0.4, 0.5) is 5.69 Å². The van der Waals surface area contributed by atoms with Gasteiger partial charge in [0.25, 0.3) is 0 Å². The van der Waals surface area contributed by atoms with Crippen LogP contribution in [0.25, 0.3) is 0 Å². The van der Waals surface area contributed by atoms with Gasteiger partial charge < -0.3 is 5.32 Å². The number of carbonyl (C=O) groups excluding carboxylic acids is 1. The van der Waals surface area contributed by atoms with E-state index in [1.54, 1.807) is 4.68 Å². The first-order chi connectivity index (χ1) is 10.1. The third-order valence-electron chi connectivity index (χ3n) is 3.82. The van der Waals surface area contributed by atoms with Crippen LogP contribution in [0, 0.1) is 0 Å². The van der Waals surface area contributed by atoms with Crippen molar-refractivity contribution in [3.63, 3.8) is 0 Å². The summed E-state index contributed by atoms with van der Waals surface area (Å²) in [5.41, 5.74) is 3.15. The molecule has 0 atom stereocenters. The molecule has 0 fully saturated rings. The molecule has 2 heterocycles. The number of fused-ring (bicyclic) bond motifs is 1. The van der Waals surface area contributed by atoms with E-state index in [-0.39, 0.29) is 11.8 Å². The van der Waals surface area contributed by atoms with Crippen molar-refractivity contribution in [3.8, 4) is 0 Å². The fourth-order valence-electron chi connectivity index (χ4n) is 2.73. The lowest BCUT2D eigenvalue weighted by atomic mass is 9.98. The van der Waals surface area contributed by atoms with E-state index in [1.807, 2.05) is 32.0 Å². The Morgan fingerprint density at radius 3 is 3.10 bits per heavy atom. The Morgan fingerprint density at radius 1 is 1.43 bits per heavy atom. The van der Waals surface area contributed by atoms with Crippen molar-refractivity contribution < 1.29 is 4.79 Å². The number of aromatic nitrogens is 3. The van der Waals surface area contributed by atoms with Crippen LogP contribution in [0.3, 0.4) is 0 Å². The minimum Gasteiger partial charge on any atom is -0.385 e. The molecule has 0 bridgehead atoms. The Balaban J connectivity index is 1.80. The highest BCUT2D eigenvalue weighted by molar-refractivity contribution is 5.97. The van der Waals surface area contributed by atoms with E-state index in [4.69, 9.17) is 0 Å². The quantitative estimate of drug-likeness (QED) is 0.877. The molecule has 0 aliphatic carbocycles. The zero-order valence-electron chi connectivity index (χ0n) is 12.5. The van der Waals surface area contributed by atoms with Crippen molar-refractivity contribution in [2.24, 2.45) is 0 Å². The van der Waals surface area contributed by atoms with Gasteiger partial charge in [-0.3, -0.25) is 4.79 Å². The molecule has 0 unspecified atom stereocenters. The molecule has 0 amide bonds. The summed E-state index contributed by atoms with van der Waals surface area (Å²) in [5.74, 6) is 0.823. The number of ketones is 1. The third kappa shape index (κ3) is 2.82. The van der Waals surface area contributed by atoms with Gasteiger partial charge in [0.2, 0.25) is 0 Å². The van der Waals surface area contributed by atoms with Gasteiger partial charge in [-0.15, -0.1) is 0 Å². The van der Waals surface area contributed by atoms with E-state index < -0.39 is 0 Å². The topological polar surface area (TPSA) is 59.8 Å². The number of aryl methyl sites for hydroxylation is 1. The third-order valence-corrected chi connectivity index (χ3v) is 3.82. The van der Waals surface area contributed by atoms with Crippen LogP contribution in [0.5, 0.6) is 0 Å². The van der Waals surface area contributed by atoms with Gasteiger partial charge in [0, 0.05) is 23.8 Å². The molecule has 21 heavy (non-hydrogen) atoms. The smallest absolute Gasteiger partial charge is 0.170 e. The van der Waals surface area contributed by atoms with Gasteiger partial charge >= 0.3 is 0 Å². The Bertz CT molecular complexity index is 660. The molecule has 5 nitrogen and oxygen atoms in total. The lowest BCUT2D eigenvalue weighted by Gasteiger charge is -2.18. The van der Waals surface area contributed by atoms with Crippen LogP contribution in [-0.4, -0.2) is 27.1 Å². The zero-order valence-corrected chi connectivity index (χ0v) is 12.5. The predicted molar refractivity (Wildman–Crippen MR) is 81.7 cm³/mol. The van der Waals surface area contributed by atoms with Crippen LogP contribution in [0.1, 0.15) is 48.1 Å². The highest BCUT2D eigenvalue weighted by Crippen LogP contribution is 2.23. The highest BCUT2D eigenvalue weighted by atomic mass is 16.1. The zero-order chi connectivity index (χ0) is 14.8. The van der Waals surface area contributed by atoms with Crippen LogP contribution >= 0.6 is 0 Å². The average Bonchev–Trinajstić information content (AvgIpc) is 2.95. The number of Topliss-reactive ketones (excluding diaryl/α,β-unsaturated/α-hetero) is 1. The Hall–Kier alpha value is -2.17. The Labute approximate surface area is 124 Å². The fourth-order valence-corrected chi connectivity index (χ4v) is 2.73. The molecule has 1 N–H and O–H groups in total. The number of benzene rings is 1. The molecule has 0 radical (unpaired) electrons. The van der Waals surface area contributed by atoms with Gasteiger partial charge in [-0.25, -0.2) is 9.67 Å². The second-order valence-electron chi connectivity index (χ2n) is 5.72. The largest absolute Gasteiger partial charge is 0.385 e. The van der Waals surface area contributed by atoms with Crippen LogP contribution in [0.2, 0.25) is 0 Å². The second kappa shape index (κ2) is 5.68. The maximum atomic E-state index is 12.5.